The van der Waals surface area contributed by atoms with Crippen molar-refractivity contribution in [1.29, 1.82) is 0 Å². The van der Waals surface area contributed by atoms with Crippen LogP contribution in [0.5, 0.6) is 5.75 Å². The molecule has 3 amide bonds. The van der Waals surface area contributed by atoms with E-state index in [0.717, 1.165) is 0 Å². The van der Waals surface area contributed by atoms with Crippen LogP contribution in [-0.4, -0.2) is 18.5 Å². The standard InChI is InChI=1S/C15H12Cl2N2O3/c16-10-6-7-12(17)13(8-10)22-9-14(20)19-15(21)18-11-4-2-1-3-5-11/h1-8H,9H2,(H2,18,19,20,21). The fourth-order valence-corrected chi connectivity index (χ4v) is 1.91. The van der Waals surface area contributed by atoms with Crippen molar-refractivity contribution >= 4 is 40.8 Å². The number of rotatable bonds is 4. The maximum absolute atomic E-state index is 11.6. The average Bonchev–Trinajstić information content (AvgIpc) is 2.49. The molecule has 7 heteroatoms. The van der Waals surface area contributed by atoms with Gasteiger partial charge in [0.05, 0.1) is 5.02 Å². The van der Waals surface area contributed by atoms with Crippen LogP contribution >= 0.6 is 23.2 Å². The van der Waals surface area contributed by atoms with Crippen LogP contribution in [0.3, 0.4) is 0 Å². The van der Waals surface area contributed by atoms with Crippen LogP contribution in [0.25, 0.3) is 0 Å². The van der Waals surface area contributed by atoms with Gasteiger partial charge in [-0.3, -0.25) is 10.1 Å². The van der Waals surface area contributed by atoms with Gasteiger partial charge in [0.1, 0.15) is 5.75 Å². The normalized spacial score (nSPS) is 9.91. The Labute approximate surface area is 137 Å². The predicted octanol–water partition coefficient (Wildman–Crippen LogP) is 3.72. The number of imide groups is 1. The fraction of sp³-hybridized carbons (Fsp3) is 0.0667. The molecule has 0 bridgehead atoms. The van der Waals surface area contributed by atoms with Gasteiger partial charge in [0.2, 0.25) is 0 Å². The predicted molar refractivity (Wildman–Crippen MR) is 85.6 cm³/mol. The Bertz CT molecular complexity index is 678. The molecule has 0 fully saturated rings. The molecule has 22 heavy (non-hydrogen) atoms. The van der Waals surface area contributed by atoms with Gasteiger partial charge in [0, 0.05) is 16.8 Å². The van der Waals surface area contributed by atoms with Crippen molar-refractivity contribution < 1.29 is 14.3 Å². The Balaban J connectivity index is 1.83. The molecule has 114 valence electrons. The highest BCUT2D eigenvalue weighted by atomic mass is 35.5. The third-order valence-corrected chi connectivity index (χ3v) is 3.08. The third-order valence-electron chi connectivity index (χ3n) is 2.54. The van der Waals surface area contributed by atoms with E-state index in [1.807, 2.05) is 6.07 Å². The molecule has 0 unspecified atom stereocenters. The number of hydrogen-bond acceptors (Lipinski definition) is 3. The number of para-hydroxylation sites is 1. The SMILES string of the molecule is O=C(COc1cc(Cl)ccc1Cl)NC(=O)Nc1ccccc1. The van der Waals surface area contributed by atoms with Crippen molar-refractivity contribution in [2.24, 2.45) is 0 Å². The molecule has 0 spiro atoms. The number of benzene rings is 2. The summed E-state index contributed by atoms with van der Waals surface area (Å²) in [6.45, 7) is -0.359. The lowest BCUT2D eigenvalue weighted by Gasteiger charge is -2.09. The Kier molecular flexibility index (Phi) is 5.63. The van der Waals surface area contributed by atoms with Crippen LogP contribution in [0.2, 0.25) is 10.0 Å². The summed E-state index contributed by atoms with van der Waals surface area (Å²) in [6, 6.07) is 12.8. The van der Waals surface area contributed by atoms with E-state index in [2.05, 4.69) is 10.6 Å². The second-order valence-electron chi connectivity index (χ2n) is 4.23. The van der Waals surface area contributed by atoms with Gasteiger partial charge >= 0.3 is 6.03 Å². The Morgan fingerprint density at radius 2 is 1.77 bits per heavy atom. The van der Waals surface area contributed by atoms with Crippen molar-refractivity contribution in [2.45, 2.75) is 0 Å². The maximum atomic E-state index is 11.6. The molecule has 5 nitrogen and oxygen atoms in total. The Morgan fingerprint density at radius 1 is 1.05 bits per heavy atom. The lowest BCUT2D eigenvalue weighted by Crippen LogP contribution is -2.37. The second kappa shape index (κ2) is 7.68. The molecule has 0 atom stereocenters. The van der Waals surface area contributed by atoms with Crippen LogP contribution in [0, 0.1) is 0 Å². The summed E-state index contributed by atoms with van der Waals surface area (Å²) in [6.07, 6.45) is 0. The molecule has 0 saturated carbocycles. The van der Waals surface area contributed by atoms with Crippen LogP contribution in [-0.2, 0) is 4.79 Å². The summed E-state index contributed by atoms with van der Waals surface area (Å²) in [7, 11) is 0. The van der Waals surface area contributed by atoms with E-state index < -0.39 is 11.9 Å². The molecule has 0 heterocycles. The molecular formula is C15H12Cl2N2O3. The smallest absolute Gasteiger partial charge is 0.325 e. The van der Waals surface area contributed by atoms with Crippen LogP contribution in [0.15, 0.2) is 48.5 Å². The molecule has 2 rings (SSSR count). The number of anilines is 1. The minimum atomic E-state index is -0.642. The maximum Gasteiger partial charge on any atom is 0.325 e. The summed E-state index contributed by atoms with van der Waals surface area (Å²) >= 11 is 11.7. The number of carbonyl (C=O) groups excluding carboxylic acids is 2. The number of amides is 3. The minimum Gasteiger partial charge on any atom is -0.482 e. The lowest BCUT2D eigenvalue weighted by molar-refractivity contribution is -0.121. The Hall–Kier alpha value is -2.24. The van der Waals surface area contributed by atoms with E-state index in [4.69, 9.17) is 27.9 Å². The van der Waals surface area contributed by atoms with E-state index in [1.165, 1.54) is 6.07 Å². The average molecular weight is 339 g/mol. The molecule has 0 aliphatic carbocycles. The largest absolute Gasteiger partial charge is 0.482 e. The van der Waals surface area contributed by atoms with Crippen molar-refractivity contribution in [2.75, 3.05) is 11.9 Å². The molecular weight excluding hydrogens is 327 g/mol. The van der Waals surface area contributed by atoms with E-state index in [9.17, 15) is 9.59 Å². The summed E-state index contributed by atoms with van der Waals surface area (Å²) < 4.78 is 5.22. The van der Waals surface area contributed by atoms with E-state index >= 15 is 0 Å². The molecule has 2 aromatic rings. The van der Waals surface area contributed by atoms with Crippen molar-refractivity contribution in [3.63, 3.8) is 0 Å². The first kappa shape index (κ1) is 16.1. The quantitative estimate of drug-likeness (QED) is 0.892. The second-order valence-corrected chi connectivity index (χ2v) is 5.08. The fourth-order valence-electron chi connectivity index (χ4n) is 1.58. The third kappa shape index (κ3) is 4.95. The molecule has 0 saturated heterocycles. The first-order chi connectivity index (χ1) is 10.5. The molecule has 2 N–H and O–H groups in total. The first-order valence-corrected chi connectivity index (χ1v) is 7.04. The van der Waals surface area contributed by atoms with Crippen LogP contribution in [0.4, 0.5) is 10.5 Å². The highest BCUT2D eigenvalue weighted by molar-refractivity contribution is 6.34. The van der Waals surface area contributed by atoms with Crippen LogP contribution < -0.4 is 15.4 Å². The minimum absolute atomic E-state index is 0.271. The van der Waals surface area contributed by atoms with Crippen molar-refractivity contribution in [1.82, 2.24) is 5.32 Å². The van der Waals surface area contributed by atoms with Gasteiger partial charge < -0.3 is 10.1 Å². The summed E-state index contributed by atoms with van der Waals surface area (Å²) in [5, 5.41) is 5.42. The summed E-state index contributed by atoms with van der Waals surface area (Å²) in [4.78, 5) is 23.2. The number of ether oxygens (including phenoxy) is 1. The zero-order valence-electron chi connectivity index (χ0n) is 11.3. The van der Waals surface area contributed by atoms with Gasteiger partial charge in [-0.05, 0) is 24.3 Å². The lowest BCUT2D eigenvalue weighted by atomic mass is 10.3. The summed E-state index contributed by atoms with van der Waals surface area (Å²) in [5.41, 5.74) is 0.576. The van der Waals surface area contributed by atoms with Gasteiger partial charge in [-0.1, -0.05) is 41.4 Å². The van der Waals surface area contributed by atoms with E-state index in [1.54, 1.807) is 36.4 Å². The molecule has 2 aromatic carbocycles. The van der Waals surface area contributed by atoms with Gasteiger partial charge in [-0.25, -0.2) is 4.79 Å². The molecule has 0 radical (unpaired) electrons. The highest BCUT2D eigenvalue weighted by Crippen LogP contribution is 2.27. The zero-order valence-corrected chi connectivity index (χ0v) is 12.8. The molecule has 0 aliphatic heterocycles. The molecule has 0 aliphatic rings. The van der Waals surface area contributed by atoms with E-state index in [-0.39, 0.29) is 12.4 Å². The highest BCUT2D eigenvalue weighted by Gasteiger charge is 2.10. The van der Waals surface area contributed by atoms with Gasteiger partial charge in [-0.15, -0.1) is 0 Å². The Morgan fingerprint density at radius 3 is 2.50 bits per heavy atom. The zero-order chi connectivity index (χ0) is 15.9. The summed E-state index contributed by atoms with van der Waals surface area (Å²) in [5.74, 6) is -0.336. The number of halogens is 2. The van der Waals surface area contributed by atoms with Gasteiger partial charge in [0.15, 0.2) is 6.61 Å². The van der Waals surface area contributed by atoms with Gasteiger partial charge in [-0.2, -0.15) is 0 Å². The van der Waals surface area contributed by atoms with Crippen molar-refractivity contribution in [3.05, 3.63) is 58.6 Å². The van der Waals surface area contributed by atoms with Crippen molar-refractivity contribution in [3.8, 4) is 5.75 Å². The number of hydrogen-bond donors (Lipinski definition) is 2. The van der Waals surface area contributed by atoms with Gasteiger partial charge in [0.25, 0.3) is 5.91 Å². The number of urea groups is 1. The monoisotopic (exact) mass is 338 g/mol. The molecule has 0 aromatic heterocycles. The topological polar surface area (TPSA) is 67.4 Å². The van der Waals surface area contributed by atoms with Crippen LogP contribution in [0.1, 0.15) is 0 Å². The number of carbonyl (C=O) groups is 2. The van der Waals surface area contributed by atoms with E-state index in [0.29, 0.717) is 15.7 Å². The number of nitrogens with one attached hydrogen (secondary N) is 2. The first-order valence-electron chi connectivity index (χ1n) is 6.28.